The zero-order valence-electron chi connectivity index (χ0n) is 23.6. The molecule has 0 atom stereocenters. The third kappa shape index (κ3) is 5.87. The second-order valence-corrected chi connectivity index (χ2v) is 12.5. The van der Waals surface area contributed by atoms with Gasteiger partial charge in [0.05, 0.1) is 11.0 Å². The molecule has 0 unspecified atom stereocenters. The van der Waals surface area contributed by atoms with Crippen LogP contribution in [-0.4, -0.2) is 12.4 Å². The van der Waals surface area contributed by atoms with Gasteiger partial charge in [-0.1, -0.05) is 127 Å². The van der Waals surface area contributed by atoms with E-state index in [4.69, 9.17) is 7.85 Å². The number of fused-ring (bicyclic) bond motifs is 3. The SMILES string of the molecule is [B]c1ccc(/C=C/c2ccc3c(c2)c2cc(/C=C/c4ccc(Br)cc4)ccc2n3-c2ccc(C(C)(C)C)cc2)cc1. The number of hydrogen-bond acceptors (Lipinski definition) is 0. The lowest BCUT2D eigenvalue weighted by molar-refractivity contribution is 0.590. The van der Waals surface area contributed by atoms with Gasteiger partial charge in [-0.15, -0.1) is 0 Å². The number of hydrogen-bond donors (Lipinski definition) is 0. The second-order valence-electron chi connectivity index (χ2n) is 11.6. The van der Waals surface area contributed by atoms with E-state index in [1.807, 2.05) is 24.3 Å². The molecule has 198 valence electrons. The predicted molar refractivity (Wildman–Crippen MR) is 183 cm³/mol. The van der Waals surface area contributed by atoms with Crippen molar-refractivity contribution in [2.45, 2.75) is 26.2 Å². The molecule has 0 bridgehead atoms. The van der Waals surface area contributed by atoms with Gasteiger partial charge in [0.1, 0.15) is 7.85 Å². The molecule has 5 aromatic carbocycles. The van der Waals surface area contributed by atoms with Crippen LogP contribution in [0.4, 0.5) is 0 Å². The summed E-state index contributed by atoms with van der Waals surface area (Å²) in [6.45, 7) is 6.77. The minimum Gasteiger partial charge on any atom is -0.309 e. The van der Waals surface area contributed by atoms with Crippen molar-refractivity contribution in [3.8, 4) is 5.69 Å². The van der Waals surface area contributed by atoms with E-state index in [2.05, 4.69) is 151 Å². The molecular formula is C38H31BBrN. The maximum absolute atomic E-state index is 5.87. The molecule has 1 nitrogen and oxygen atoms in total. The summed E-state index contributed by atoms with van der Waals surface area (Å²) >= 11 is 3.52. The Bertz CT molecular complexity index is 1790. The molecule has 0 N–H and O–H groups in total. The van der Waals surface area contributed by atoms with Gasteiger partial charge >= 0.3 is 0 Å². The Morgan fingerprint density at radius 2 is 1.00 bits per heavy atom. The Labute approximate surface area is 252 Å². The predicted octanol–water partition coefficient (Wildman–Crippen LogP) is 9.98. The molecule has 3 heteroatoms. The number of nitrogens with zero attached hydrogens (tertiary/aromatic N) is 1. The van der Waals surface area contributed by atoms with E-state index < -0.39 is 0 Å². The Hall–Kier alpha value is -4.08. The van der Waals surface area contributed by atoms with Crippen LogP contribution in [0.1, 0.15) is 48.6 Å². The van der Waals surface area contributed by atoms with Crippen LogP contribution in [-0.2, 0) is 5.41 Å². The minimum atomic E-state index is 0.112. The van der Waals surface area contributed by atoms with Crippen molar-refractivity contribution in [2.24, 2.45) is 0 Å². The summed E-state index contributed by atoms with van der Waals surface area (Å²) in [6, 6.07) is 38.8. The quantitative estimate of drug-likeness (QED) is 0.139. The standard InChI is InChI=1S/C38H31BBrN/c1-38(2,3)30-14-20-33(21-15-30)41-36-22-12-28(6-4-26-8-16-31(39)17-9-26)24-34(36)35-25-29(13-23-37(35)41)7-5-27-10-18-32(40)19-11-27/h4-25H,1-3H3/b6-4+,7-5+. The molecule has 6 aromatic rings. The van der Waals surface area contributed by atoms with Gasteiger partial charge in [0.25, 0.3) is 0 Å². The van der Waals surface area contributed by atoms with E-state index in [-0.39, 0.29) is 5.41 Å². The fourth-order valence-corrected chi connectivity index (χ4v) is 5.48. The summed E-state index contributed by atoms with van der Waals surface area (Å²) < 4.78 is 3.47. The van der Waals surface area contributed by atoms with Crippen LogP contribution in [0, 0.1) is 0 Å². The monoisotopic (exact) mass is 591 g/mol. The van der Waals surface area contributed by atoms with Gasteiger partial charge in [-0.25, -0.2) is 0 Å². The van der Waals surface area contributed by atoms with E-state index in [1.165, 1.54) is 44.2 Å². The van der Waals surface area contributed by atoms with Crippen LogP contribution in [0.5, 0.6) is 0 Å². The van der Waals surface area contributed by atoms with Crippen molar-refractivity contribution in [1.29, 1.82) is 0 Å². The maximum Gasteiger partial charge on any atom is 0.113 e. The molecule has 0 amide bonds. The summed E-state index contributed by atoms with van der Waals surface area (Å²) in [4.78, 5) is 0. The Morgan fingerprint density at radius 1 is 0.561 bits per heavy atom. The summed E-state index contributed by atoms with van der Waals surface area (Å²) in [7, 11) is 5.87. The summed E-state index contributed by atoms with van der Waals surface area (Å²) in [5.74, 6) is 0. The van der Waals surface area contributed by atoms with Crippen molar-refractivity contribution in [1.82, 2.24) is 4.57 Å². The number of aromatic nitrogens is 1. The molecule has 41 heavy (non-hydrogen) atoms. The lowest BCUT2D eigenvalue weighted by atomic mass is 9.87. The van der Waals surface area contributed by atoms with Crippen LogP contribution in [0.15, 0.2) is 114 Å². The average Bonchev–Trinajstić information content (AvgIpc) is 3.29. The van der Waals surface area contributed by atoms with Gasteiger partial charge in [-0.05, 0) is 81.8 Å². The highest BCUT2D eigenvalue weighted by molar-refractivity contribution is 9.10. The molecule has 0 saturated carbocycles. The highest BCUT2D eigenvalue weighted by Crippen LogP contribution is 2.35. The fraction of sp³-hybridized carbons (Fsp3) is 0.105. The molecule has 2 radical (unpaired) electrons. The lowest BCUT2D eigenvalue weighted by Gasteiger charge is -2.19. The first kappa shape index (κ1) is 27.1. The summed E-state index contributed by atoms with van der Waals surface area (Å²) in [6.07, 6.45) is 8.66. The van der Waals surface area contributed by atoms with Gasteiger partial charge in [-0.3, -0.25) is 0 Å². The Morgan fingerprint density at radius 3 is 1.49 bits per heavy atom. The van der Waals surface area contributed by atoms with Crippen molar-refractivity contribution >= 4 is 75.3 Å². The van der Waals surface area contributed by atoms with Crippen molar-refractivity contribution in [3.63, 3.8) is 0 Å². The van der Waals surface area contributed by atoms with Crippen LogP contribution in [0.25, 0.3) is 51.8 Å². The first-order valence-electron chi connectivity index (χ1n) is 13.9. The number of benzene rings is 5. The van der Waals surface area contributed by atoms with Gasteiger partial charge < -0.3 is 4.57 Å². The normalized spacial score (nSPS) is 12.3. The molecule has 0 aliphatic heterocycles. The first-order chi connectivity index (χ1) is 19.7. The lowest BCUT2D eigenvalue weighted by Crippen LogP contribution is -2.10. The van der Waals surface area contributed by atoms with Gasteiger partial charge in [0.2, 0.25) is 0 Å². The Kier molecular flexibility index (Phi) is 7.32. The minimum absolute atomic E-state index is 0.112. The molecule has 0 spiro atoms. The van der Waals surface area contributed by atoms with Crippen molar-refractivity contribution in [2.75, 3.05) is 0 Å². The van der Waals surface area contributed by atoms with E-state index in [1.54, 1.807) is 0 Å². The maximum atomic E-state index is 5.87. The van der Waals surface area contributed by atoms with Crippen LogP contribution in [0.3, 0.4) is 0 Å². The molecule has 1 heterocycles. The summed E-state index contributed by atoms with van der Waals surface area (Å²) in [5.41, 5.74) is 10.4. The second kappa shape index (κ2) is 11.1. The van der Waals surface area contributed by atoms with E-state index >= 15 is 0 Å². The zero-order chi connectivity index (χ0) is 28.6. The zero-order valence-corrected chi connectivity index (χ0v) is 25.2. The molecule has 6 rings (SSSR count). The summed E-state index contributed by atoms with van der Waals surface area (Å²) in [5, 5.41) is 2.47. The highest BCUT2D eigenvalue weighted by atomic mass is 79.9. The van der Waals surface area contributed by atoms with Crippen LogP contribution >= 0.6 is 15.9 Å². The number of rotatable bonds is 5. The van der Waals surface area contributed by atoms with Gasteiger partial charge in [0.15, 0.2) is 0 Å². The molecule has 1 aromatic heterocycles. The Balaban J connectivity index is 1.47. The smallest absolute Gasteiger partial charge is 0.113 e. The third-order valence-electron chi connectivity index (χ3n) is 7.55. The van der Waals surface area contributed by atoms with E-state index in [0.717, 1.165) is 21.1 Å². The first-order valence-corrected chi connectivity index (χ1v) is 14.7. The molecule has 0 saturated heterocycles. The topological polar surface area (TPSA) is 4.93 Å². The fourth-order valence-electron chi connectivity index (χ4n) is 5.22. The van der Waals surface area contributed by atoms with E-state index in [0.29, 0.717) is 0 Å². The van der Waals surface area contributed by atoms with Crippen molar-refractivity contribution in [3.05, 3.63) is 141 Å². The molecule has 0 aliphatic rings. The molecule has 0 fully saturated rings. The third-order valence-corrected chi connectivity index (χ3v) is 8.08. The van der Waals surface area contributed by atoms with Gasteiger partial charge in [-0.2, -0.15) is 0 Å². The molecular weight excluding hydrogens is 561 g/mol. The molecule has 0 aliphatic carbocycles. The van der Waals surface area contributed by atoms with E-state index in [9.17, 15) is 0 Å². The van der Waals surface area contributed by atoms with Crippen LogP contribution in [0.2, 0.25) is 0 Å². The average molecular weight is 592 g/mol. The van der Waals surface area contributed by atoms with Gasteiger partial charge in [0, 0.05) is 20.9 Å². The van der Waals surface area contributed by atoms with Crippen molar-refractivity contribution < 1.29 is 0 Å². The largest absolute Gasteiger partial charge is 0.309 e. The highest BCUT2D eigenvalue weighted by Gasteiger charge is 2.16. The van der Waals surface area contributed by atoms with Crippen LogP contribution < -0.4 is 5.46 Å². The number of halogens is 1.